The summed E-state index contributed by atoms with van der Waals surface area (Å²) in [6.07, 6.45) is 2.47. The van der Waals surface area contributed by atoms with Crippen molar-refractivity contribution in [3.63, 3.8) is 0 Å². The third kappa shape index (κ3) is 2.43. The zero-order valence-electron chi connectivity index (χ0n) is 12.6. The minimum atomic E-state index is 0.0672. The molecule has 0 saturated heterocycles. The zero-order valence-corrected chi connectivity index (χ0v) is 13.4. The number of hydrogen-bond acceptors (Lipinski definition) is 5. The number of aromatic nitrogens is 4. The maximum absolute atomic E-state index is 12.8. The van der Waals surface area contributed by atoms with Gasteiger partial charge in [0.25, 0.3) is 5.91 Å². The van der Waals surface area contributed by atoms with E-state index in [0.29, 0.717) is 5.56 Å². The first-order valence-corrected chi connectivity index (χ1v) is 8.32. The quantitative estimate of drug-likeness (QED) is 0.726. The predicted molar refractivity (Wildman–Crippen MR) is 86.6 cm³/mol. The Morgan fingerprint density at radius 1 is 1.26 bits per heavy atom. The van der Waals surface area contributed by atoms with Gasteiger partial charge in [0, 0.05) is 17.0 Å². The Labute approximate surface area is 137 Å². The van der Waals surface area contributed by atoms with Crippen molar-refractivity contribution < 1.29 is 4.79 Å². The van der Waals surface area contributed by atoms with E-state index < -0.39 is 0 Å². The summed E-state index contributed by atoms with van der Waals surface area (Å²) < 4.78 is 1.56. The van der Waals surface area contributed by atoms with Crippen LogP contribution in [0.1, 0.15) is 33.8 Å². The molecule has 4 rings (SSSR count). The van der Waals surface area contributed by atoms with Gasteiger partial charge >= 0.3 is 0 Å². The van der Waals surface area contributed by atoms with E-state index in [9.17, 15) is 4.79 Å². The van der Waals surface area contributed by atoms with Gasteiger partial charge in [0.05, 0.1) is 11.7 Å². The van der Waals surface area contributed by atoms with E-state index in [-0.39, 0.29) is 11.9 Å². The molecule has 23 heavy (non-hydrogen) atoms. The molecular weight excluding hydrogens is 310 g/mol. The molecule has 6 nitrogen and oxygen atoms in total. The summed E-state index contributed by atoms with van der Waals surface area (Å²) in [6, 6.07) is 9.62. The number of tetrazole rings is 1. The van der Waals surface area contributed by atoms with Crippen molar-refractivity contribution in [3.05, 3.63) is 58.0 Å². The fourth-order valence-corrected chi connectivity index (χ4v) is 3.95. The van der Waals surface area contributed by atoms with Crippen LogP contribution in [-0.4, -0.2) is 37.6 Å². The van der Waals surface area contributed by atoms with Crippen molar-refractivity contribution in [1.29, 1.82) is 0 Å². The molecule has 1 atom stereocenters. The summed E-state index contributed by atoms with van der Waals surface area (Å²) >= 11 is 1.78. The minimum absolute atomic E-state index is 0.0672. The molecule has 0 unspecified atom stereocenters. The molecule has 1 aliphatic heterocycles. The number of benzene rings is 1. The summed E-state index contributed by atoms with van der Waals surface area (Å²) in [5.74, 6) is 0.0672. The fraction of sp³-hybridized carbons (Fsp3) is 0.250. The molecule has 0 aliphatic carbocycles. The van der Waals surface area contributed by atoms with Gasteiger partial charge in [0.1, 0.15) is 6.33 Å². The number of rotatable bonds is 2. The van der Waals surface area contributed by atoms with Crippen LogP contribution in [0.5, 0.6) is 0 Å². The number of hydrogen-bond donors (Lipinski definition) is 0. The number of carbonyl (C=O) groups is 1. The number of amides is 1. The maximum atomic E-state index is 12.8. The predicted octanol–water partition coefficient (Wildman–Crippen LogP) is 2.48. The standard InChI is InChI=1S/C16H15N5OS/c1-11-14-7-9-23-15(14)6-8-20(11)16(22)12-2-4-13(5-3-12)21-10-17-18-19-21/h2-5,7,9-11H,6,8H2,1H3/t11-/m0/s1. The smallest absolute Gasteiger partial charge is 0.254 e. The molecule has 3 aromatic rings. The maximum Gasteiger partial charge on any atom is 0.254 e. The van der Waals surface area contributed by atoms with Gasteiger partial charge < -0.3 is 4.90 Å². The molecule has 0 fully saturated rings. The van der Waals surface area contributed by atoms with E-state index >= 15 is 0 Å². The Bertz CT molecular complexity index is 825. The molecule has 1 amide bonds. The van der Waals surface area contributed by atoms with Crippen molar-refractivity contribution in [3.8, 4) is 5.69 Å². The topological polar surface area (TPSA) is 63.9 Å². The van der Waals surface area contributed by atoms with Crippen LogP contribution < -0.4 is 0 Å². The van der Waals surface area contributed by atoms with Crippen molar-refractivity contribution in [2.75, 3.05) is 6.54 Å². The van der Waals surface area contributed by atoms with E-state index in [1.54, 1.807) is 16.0 Å². The second-order valence-electron chi connectivity index (χ2n) is 5.52. The van der Waals surface area contributed by atoms with Crippen LogP contribution >= 0.6 is 11.3 Å². The Morgan fingerprint density at radius 3 is 2.83 bits per heavy atom. The number of thiophene rings is 1. The highest BCUT2D eigenvalue weighted by molar-refractivity contribution is 7.10. The molecule has 7 heteroatoms. The van der Waals surface area contributed by atoms with E-state index in [0.717, 1.165) is 18.7 Å². The van der Waals surface area contributed by atoms with Crippen LogP contribution in [0.25, 0.3) is 5.69 Å². The molecule has 3 heterocycles. The van der Waals surface area contributed by atoms with E-state index in [4.69, 9.17) is 0 Å². The summed E-state index contributed by atoms with van der Waals surface area (Å²) in [5, 5.41) is 13.2. The van der Waals surface area contributed by atoms with Gasteiger partial charge in [-0.15, -0.1) is 16.4 Å². The third-order valence-corrected chi connectivity index (χ3v) is 5.26. The second-order valence-corrected chi connectivity index (χ2v) is 6.53. The summed E-state index contributed by atoms with van der Waals surface area (Å²) in [7, 11) is 0. The first kappa shape index (κ1) is 14.1. The Morgan fingerprint density at radius 2 is 2.09 bits per heavy atom. The lowest BCUT2D eigenvalue weighted by atomic mass is 10.0. The highest BCUT2D eigenvalue weighted by atomic mass is 32.1. The van der Waals surface area contributed by atoms with Gasteiger partial charge in [-0.2, -0.15) is 0 Å². The summed E-state index contributed by atoms with van der Waals surface area (Å²) in [4.78, 5) is 16.2. The molecule has 116 valence electrons. The van der Waals surface area contributed by atoms with Crippen molar-refractivity contribution in [2.45, 2.75) is 19.4 Å². The highest BCUT2D eigenvalue weighted by Gasteiger charge is 2.28. The summed E-state index contributed by atoms with van der Waals surface area (Å²) in [5.41, 5.74) is 2.80. The molecular formula is C16H15N5OS. The highest BCUT2D eigenvalue weighted by Crippen LogP contribution is 2.33. The van der Waals surface area contributed by atoms with Crippen LogP contribution in [0.3, 0.4) is 0 Å². The Hall–Kier alpha value is -2.54. The van der Waals surface area contributed by atoms with Gasteiger partial charge in [0.2, 0.25) is 0 Å². The van der Waals surface area contributed by atoms with Crippen LogP contribution in [0.4, 0.5) is 0 Å². The largest absolute Gasteiger partial charge is 0.331 e. The van der Waals surface area contributed by atoms with Crippen LogP contribution in [0.15, 0.2) is 42.0 Å². The van der Waals surface area contributed by atoms with Crippen LogP contribution in [0.2, 0.25) is 0 Å². The second kappa shape index (κ2) is 5.58. The lowest BCUT2D eigenvalue weighted by Gasteiger charge is -2.33. The average Bonchev–Trinajstić information content (AvgIpc) is 3.27. The monoisotopic (exact) mass is 325 g/mol. The Balaban J connectivity index is 1.58. The number of nitrogens with zero attached hydrogens (tertiary/aromatic N) is 5. The van der Waals surface area contributed by atoms with Gasteiger partial charge in [-0.05, 0) is 65.0 Å². The first-order chi connectivity index (χ1) is 11.2. The molecule has 0 radical (unpaired) electrons. The van der Waals surface area contributed by atoms with Gasteiger partial charge in [-0.1, -0.05) is 0 Å². The normalized spacial score (nSPS) is 17.1. The fourth-order valence-electron chi connectivity index (χ4n) is 2.99. The van der Waals surface area contributed by atoms with Crippen LogP contribution in [-0.2, 0) is 6.42 Å². The summed E-state index contributed by atoms with van der Waals surface area (Å²) in [6.45, 7) is 2.86. The van der Waals surface area contributed by atoms with E-state index in [1.807, 2.05) is 29.2 Å². The lowest BCUT2D eigenvalue weighted by molar-refractivity contribution is 0.0679. The molecule has 1 aromatic carbocycles. The van der Waals surface area contributed by atoms with E-state index in [2.05, 4.69) is 33.9 Å². The minimum Gasteiger partial charge on any atom is -0.331 e. The Kier molecular flexibility index (Phi) is 3.42. The molecule has 0 spiro atoms. The van der Waals surface area contributed by atoms with Crippen molar-refractivity contribution >= 4 is 17.2 Å². The third-order valence-electron chi connectivity index (χ3n) is 4.27. The van der Waals surface area contributed by atoms with E-state index in [1.165, 1.54) is 16.8 Å². The molecule has 2 aromatic heterocycles. The van der Waals surface area contributed by atoms with Crippen molar-refractivity contribution in [1.82, 2.24) is 25.1 Å². The SMILES string of the molecule is C[C@H]1c2ccsc2CCN1C(=O)c1ccc(-n2cnnn2)cc1. The molecule has 1 aliphatic rings. The van der Waals surface area contributed by atoms with Gasteiger partial charge in [-0.3, -0.25) is 4.79 Å². The van der Waals surface area contributed by atoms with Crippen LogP contribution in [0, 0.1) is 0 Å². The molecule has 0 N–H and O–H groups in total. The number of fused-ring (bicyclic) bond motifs is 1. The average molecular weight is 325 g/mol. The van der Waals surface area contributed by atoms with Crippen molar-refractivity contribution in [2.24, 2.45) is 0 Å². The van der Waals surface area contributed by atoms with Gasteiger partial charge in [0.15, 0.2) is 0 Å². The molecule has 0 saturated carbocycles. The zero-order chi connectivity index (χ0) is 15.8. The lowest BCUT2D eigenvalue weighted by Crippen LogP contribution is -2.38. The van der Waals surface area contributed by atoms with Gasteiger partial charge in [-0.25, -0.2) is 4.68 Å². The first-order valence-electron chi connectivity index (χ1n) is 7.44. The molecule has 0 bridgehead atoms. The number of carbonyl (C=O) groups excluding carboxylic acids is 1.